The van der Waals surface area contributed by atoms with Crippen molar-refractivity contribution in [2.24, 2.45) is 5.92 Å². The first-order valence-electron chi connectivity index (χ1n) is 4.96. The third-order valence-corrected chi connectivity index (χ3v) is 3.43. The highest BCUT2D eigenvalue weighted by molar-refractivity contribution is 9.10. The van der Waals surface area contributed by atoms with Crippen LogP contribution in [0.2, 0.25) is 0 Å². The quantitative estimate of drug-likeness (QED) is 0.912. The van der Waals surface area contributed by atoms with Crippen molar-refractivity contribution in [2.75, 3.05) is 0 Å². The first-order chi connectivity index (χ1) is 6.97. The summed E-state index contributed by atoms with van der Waals surface area (Å²) in [6.45, 7) is 6.21. The van der Waals surface area contributed by atoms with Crippen LogP contribution in [0.15, 0.2) is 14.1 Å². The van der Waals surface area contributed by atoms with Crippen LogP contribution >= 0.6 is 15.9 Å². The van der Waals surface area contributed by atoms with Gasteiger partial charge in [0.2, 0.25) is 0 Å². The zero-order valence-electron chi connectivity index (χ0n) is 9.13. The lowest BCUT2D eigenvalue weighted by atomic mass is 10.1. The zero-order chi connectivity index (χ0) is 11.6. The molecule has 0 spiro atoms. The standard InChI is InChI=1S/C10H15BrN2O2/c1-4-6(2)5-13-9(14)8(11)7(3)12-10(13)15/h6H,4-5H2,1-3H3,(H,12,15). The SMILES string of the molecule is CCC(C)Cn1c(=O)[nH]c(C)c(Br)c1=O. The van der Waals surface area contributed by atoms with Gasteiger partial charge in [0.25, 0.3) is 5.56 Å². The predicted molar refractivity (Wildman–Crippen MR) is 63.2 cm³/mol. The van der Waals surface area contributed by atoms with Gasteiger partial charge in [-0.15, -0.1) is 0 Å². The largest absolute Gasteiger partial charge is 0.328 e. The Morgan fingerprint density at radius 2 is 2.07 bits per heavy atom. The van der Waals surface area contributed by atoms with E-state index < -0.39 is 0 Å². The molecule has 15 heavy (non-hydrogen) atoms. The number of aromatic nitrogens is 2. The van der Waals surface area contributed by atoms with Gasteiger partial charge in [-0.2, -0.15) is 0 Å². The van der Waals surface area contributed by atoms with E-state index >= 15 is 0 Å². The van der Waals surface area contributed by atoms with Crippen molar-refractivity contribution in [3.63, 3.8) is 0 Å². The monoisotopic (exact) mass is 274 g/mol. The molecule has 4 nitrogen and oxygen atoms in total. The van der Waals surface area contributed by atoms with Gasteiger partial charge in [0.15, 0.2) is 0 Å². The van der Waals surface area contributed by atoms with Crippen LogP contribution in [-0.2, 0) is 6.54 Å². The Kier molecular flexibility index (Phi) is 3.90. The van der Waals surface area contributed by atoms with Crippen LogP contribution in [0, 0.1) is 12.8 Å². The molecule has 0 aliphatic carbocycles. The van der Waals surface area contributed by atoms with Gasteiger partial charge < -0.3 is 4.98 Å². The Balaban J connectivity index is 3.25. The highest BCUT2D eigenvalue weighted by Crippen LogP contribution is 2.06. The number of aromatic amines is 1. The van der Waals surface area contributed by atoms with Crippen LogP contribution in [0.25, 0.3) is 0 Å². The predicted octanol–water partition coefficient (Wildman–Crippen LogP) is 1.65. The summed E-state index contributed by atoms with van der Waals surface area (Å²) in [4.78, 5) is 25.9. The molecule has 0 amide bonds. The highest BCUT2D eigenvalue weighted by atomic mass is 79.9. The van der Waals surface area contributed by atoms with E-state index in [1.165, 1.54) is 4.57 Å². The number of hydrogen-bond acceptors (Lipinski definition) is 2. The molecule has 1 aromatic heterocycles. The Hall–Kier alpha value is -0.840. The van der Waals surface area contributed by atoms with Crippen molar-refractivity contribution in [1.82, 2.24) is 9.55 Å². The molecule has 0 bridgehead atoms. The van der Waals surface area contributed by atoms with Crippen molar-refractivity contribution in [1.29, 1.82) is 0 Å². The smallest absolute Gasteiger partial charge is 0.310 e. The molecule has 0 saturated carbocycles. The topological polar surface area (TPSA) is 54.9 Å². The van der Waals surface area contributed by atoms with Crippen molar-refractivity contribution < 1.29 is 0 Å². The molecule has 1 heterocycles. The second kappa shape index (κ2) is 4.79. The first kappa shape index (κ1) is 12.2. The van der Waals surface area contributed by atoms with Gasteiger partial charge in [-0.1, -0.05) is 20.3 Å². The lowest BCUT2D eigenvalue weighted by Crippen LogP contribution is -2.37. The van der Waals surface area contributed by atoms with Gasteiger partial charge in [0.05, 0.1) is 0 Å². The molecule has 1 atom stereocenters. The number of nitrogens with one attached hydrogen (secondary N) is 1. The number of nitrogens with zero attached hydrogens (tertiary/aromatic N) is 1. The van der Waals surface area contributed by atoms with E-state index in [0.717, 1.165) is 6.42 Å². The van der Waals surface area contributed by atoms with E-state index in [4.69, 9.17) is 0 Å². The van der Waals surface area contributed by atoms with E-state index in [-0.39, 0.29) is 11.2 Å². The fourth-order valence-corrected chi connectivity index (χ4v) is 1.57. The molecule has 0 saturated heterocycles. The van der Waals surface area contributed by atoms with Crippen molar-refractivity contribution in [3.8, 4) is 0 Å². The molecular formula is C10H15BrN2O2. The zero-order valence-corrected chi connectivity index (χ0v) is 10.7. The molecule has 1 unspecified atom stereocenters. The van der Waals surface area contributed by atoms with Crippen molar-refractivity contribution >= 4 is 15.9 Å². The Morgan fingerprint density at radius 1 is 1.47 bits per heavy atom. The average Bonchev–Trinajstić information content (AvgIpc) is 2.21. The van der Waals surface area contributed by atoms with Crippen LogP contribution in [-0.4, -0.2) is 9.55 Å². The first-order valence-corrected chi connectivity index (χ1v) is 5.75. The summed E-state index contributed by atoms with van der Waals surface area (Å²) in [6, 6.07) is 0. The lowest BCUT2D eigenvalue weighted by molar-refractivity contribution is 0.444. The molecule has 0 aliphatic rings. The normalized spacial score (nSPS) is 12.8. The van der Waals surface area contributed by atoms with Crippen LogP contribution in [0.1, 0.15) is 26.0 Å². The molecule has 0 aromatic carbocycles. The van der Waals surface area contributed by atoms with Gasteiger partial charge in [-0.25, -0.2) is 4.79 Å². The number of rotatable bonds is 3. The summed E-state index contributed by atoms with van der Waals surface area (Å²) >= 11 is 3.17. The summed E-state index contributed by atoms with van der Waals surface area (Å²) in [5.41, 5.74) is -0.0112. The minimum Gasteiger partial charge on any atom is -0.310 e. The van der Waals surface area contributed by atoms with Crippen LogP contribution in [0.5, 0.6) is 0 Å². The maximum Gasteiger partial charge on any atom is 0.328 e. The second-order valence-electron chi connectivity index (χ2n) is 3.80. The van der Waals surface area contributed by atoms with E-state index in [0.29, 0.717) is 22.6 Å². The summed E-state index contributed by atoms with van der Waals surface area (Å²) in [5.74, 6) is 0.318. The Morgan fingerprint density at radius 3 is 2.60 bits per heavy atom. The second-order valence-corrected chi connectivity index (χ2v) is 4.59. The number of halogens is 1. The summed E-state index contributed by atoms with van der Waals surface area (Å²) < 4.78 is 1.68. The molecule has 1 aromatic rings. The lowest BCUT2D eigenvalue weighted by Gasteiger charge is -2.10. The summed E-state index contributed by atoms with van der Waals surface area (Å²) in [7, 11) is 0. The van der Waals surface area contributed by atoms with Gasteiger partial charge >= 0.3 is 5.69 Å². The van der Waals surface area contributed by atoms with Crippen molar-refractivity contribution in [3.05, 3.63) is 31.0 Å². The number of H-pyrrole nitrogens is 1. The summed E-state index contributed by atoms with van der Waals surface area (Å²) in [6.07, 6.45) is 0.942. The van der Waals surface area contributed by atoms with E-state index in [2.05, 4.69) is 20.9 Å². The van der Waals surface area contributed by atoms with Crippen LogP contribution in [0.3, 0.4) is 0 Å². The van der Waals surface area contributed by atoms with Crippen molar-refractivity contribution in [2.45, 2.75) is 33.7 Å². The minimum absolute atomic E-state index is 0.253. The van der Waals surface area contributed by atoms with Gasteiger partial charge in [0, 0.05) is 12.2 Å². The van der Waals surface area contributed by atoms with Gasteiger partial charge in [-0.05, 0) is 28.8 Å². The van der Waals surface area contributed by atoms with E-state index in [1.807, 2.05) is 13.8 Å². The number of aryl methyl sites for hydroxylation is 1. The maximum atomic E-state index is 11.8. The highest BCUT2D eigenvalue weighted by Gasteiger charge is 2.10. The third-order valence-electron chi connectivity index (χ3n) is 2.49. The average molecular weight is 275 g/mol. The molecule has 0 fully saturated rings. The molecule has 5 heteroatoms. The summed E-state index contributed by atoms with van der Waals surface area (Å²) in [5, 5.41) is 0. The van der Waals surface area contributed by atoms with E-state index in [1.54, 1.807) is 6.92 Å². The fourth-order valence-electron chi connectivity index (χ4n) is 1.26. The fraction of sp³-hybridized carbons (Fsp3) is 0.600. The number of hydrogen-bond donors (Lipinski definition) is 1. The third kappa shape index (κ3) is 2.59. The molecule has 84 valence electrons. The van der Waals surface area contributed by atoms with Gasteiger partial charge in [-0.3, -0.25) is 9.36 Å². The Bertz CT molecular complexity index is 461. The van der Waals surface area contributed by atoms with Gasteiger partial charge in [0.1, 0.15) is 4.47 Å². The maximum absolute atomic E-state index is 11.8. The van der Waals surface area contributed by atoms with Crippen LogP contribution in [0.4, 0.5) is 0 Å². The minimum atomic E-state index is -0.332. The molecule has 0 radical (unpaired) electrons. The van der Waals surface area contributed by atoms with E-state index in [9.17, 15) is 9.59 Å². The molecule has 1 rings (SSSR count). The molecule has 1 N–H and O–H groups in total. The van der Waals surface area contributed by atoms with Crippen LogP contribution < -0.4 is 11.2 Å². The molecule has 0 aliphatic heterocycles. The Labute approximate surface area is 96.5 Å². The molecular weight excluding hydrogens is 260 g/mol.